The van der Waals surface area contributed by atoms with Gasteiger partial charge in [0.15, 0.2) is 0 Å². The second-order valence-electron chi connectivity index (χ2n) is 3.02. The van der Waals surface area contributed by atoms with Crippen molar-refractivity contribution in [2.24, 2.45) is 0 Å². The molecule has 0 aromatic rings. The molecule has 0 fully saturated rings. The van der Waals surface area contributed by atoms with Crippen molar-refractivity contribution in [1.29, 1.82) is 0 Å². The summed E-state index contributed by atoms with van der Waals surface area (Å²) in [6.45, 7) is 1.45. The number of allylic oxidation sites excluding steroid dienone is 2. The minimum atomic E-state index is -0.990. The number of carboxylic acids is 1. The van der Waals surface area contributed by atoms with E-state index in [9.17, 15) is 4.79 Å². The SMILES string of the molecule is CC1(Cl)C=CC=CC1OCC(=O)O. The van der Waals surface area contributed by atoms with E-state index in [0.29, 0.717) is 0 Å². The second kappa shape index (κ2) is 3.94. The van der Waals surface area contributed by atoms with Gasteiger partial charge in [-0.05, 0) is 6.92 Å². The van der Waals surface area contributed by atoms with E-state index in [2.05, 4.69) is 0 Å². The highest BCUT2D eigenvalue weighted by atomic mass is 35.5. The van der Waals surface area contributed by atoms with Gasteiger partial charge in [-0.2, -0.15) is 0 Å². The van der Waals surface area contributed by atoms with Gasteiger partial charge in [0, 0.05) is 0 Å². The topological polar surface area (TPSA) is 46.5 Å². The Morgan fingerprint density at radius 1 is 1.69 bits per heavy atom. The molecule has 1 aliphatic rings. The van der Waals surface area contributed by atoms with Crippen LogP contribution in [0.4, 0.5) is 0 Å². The van der Waals surface area contributed by atoms with Gasteiger partial charge in [0.1, 0.15) is 6.61 Å². The third-order valence-electron chi connectivity index (χ3n) is 1.76. The largest absolute Gasteiger partial charge is 0.480 e. The summed E-state index contributed by atoms with van der Waals surface area (Å²) in [6, 6.07) is 0. The molecule has 0 heterocycles. The van der Waals surface area contributed by atoms with Crippen molar-refractivity contribution in [3.63, 3.8) is 0 Å². The molecule has 0 aromatic carbocycles. The van der Waals surface area contributed by atoms with Gasteiger partial charge >= 0.3 is 5.97 Å². The van der Waals surface area contributed by atoms with E-state index >= 15 is 0 Å². The molecule has 1 aliphatic carbocycles. The summed E-state index contributed by atoms with van der Waals surface area (Å²) < 4.78 is 5.09. The summed E-state index contributed by atoms with van der Waals surface area (Å²) >= 11 is 6.07. The second-order valence-corrected chi connectivity index (χ2v) is 3.83. The fraction of sp³-hybridized carbons (Fsp3) is 0.444. The van der Waals surface area contributed by atoms with Crippen molar-refractivity contribution >= 4 is 17.6 Å². The molecule has 0 spiro atoms. The van der Waals surface area contributed by atoms with E-state index in [-0.39, 0.29) is 12.7 Å². The van der Waals surface area contributed by atoms with Gasteiger partial charge in [0.25, 0.3) is 0 Å². The molecule has 1 rings (SSSR count). The Kier molecular flexibility index (Phi) is 3.12. The Bertz CT molecular complexity index is 256. The zero-order valence-electron chi connectivity index (χ0n) is 7.24. The van der Waals surface area contributed by atoms with Crippen molar-refractivity contribution < 1.29 is 14.6 Å². The Hall–Kier alpha value is -0.800. The maximum absolute atomic E-state index is 10.2. The number of hydrogen-bond acceptors (Lipinski definition) is 2. The number of ether oxygens (including phenoxy) is 1. The van der Waals surface area contributed by atoms with Crippen molar-refractivity contribution in [1.82, 2.24) is 0 Å². The van der Waals surface area contributed by atoms with E-state index in [1.165, 1.54) is 0 Å². The van der Waals surface area contributed by atoms with Gasteiger partial charge in [0.05, 0.1) is 11.0 Å². The van der Waals surface area contributed by atoms with Crippen LogP contribution in [0.3, 0.4) is 0 Å². The van der Waals surface area contributed by atoms with Crippen molar-refractivity contribution in [2.45, 2.75) is 17.9 Å². The molecule has 2 atom stereocenters. The van der Waals surface area contributed by atoms with Crippen LogP contribution in [0.2, 0.25) is 0 Å². The van der Waals surface area contributed by atoms with Crippen LogP contribution in [0.25, 0.3) is 0 Å². The molecular formula is C9H11ClO3. The highest BCUT2D eigenvalue weighted by Crippen LogP contribution is 2.27. The number of alkyl halides is 1. The summed E-state index contributed by atoms with van der Waals surface area (Å²) in [5.74, 6) is -0.990. The molecule has 72 valence electrons. The number of rotatable bonds is 3. The van der Waals surface area contributed by atoms with E-state index < -0.39 is 10.8 Å². The summed E-state index contributed by atoms with van der Waals surface area (Å²) in [6.07, 6.45) is 6.75. The van der Waals surface area contributed by atoms with E-state index in [1.54, 1.807) is 25.2 Å². The summed E-state index contributed by atoms with van der Waals surface area (Å²) in [4.78, 5) is 9.59. The molecule has 2 unspecified atom stereocenters. The standard InChI is InChI=1S/C9H11ClO3/c1-9(10)5-3-2-4-7(9)13-6-8(11)12/h2-5,7H,6H2,1H3,(H,11,12). The molecule has 0 bridgehead atoms. The van der Waals surface area contributed by atoms with E-state index in [1.807, 2.05) is 6.08 Å². The molecular weight excluding hydrogens is 192 g/mol. The normalized spacial score (nSPS) is 32.0. The first kappa shape index (κ1) is 10.3. The number of hydrogen-bond donors (Lipinski definition) is 1. The lowest BCUT2D eigenvalue weighted by Gasteiger charge is -2.28. The fourth-order valence-electron chi connectivity index (χ4n) is 1.07. The van der Waals surface area contributed by atoms with Crippen LogP contribution >= 0.6 is 11.6 Å². The lowest BCUT2D eigenvalue weighted by molar-refractivity contribution is -0.143. The van der Waals surface area contributed by atoms with Crippen LogP contribution in [0.1, 0.15) is 6.92 Å². The van der Waals surface area contributed by atoms with Gasteiger partial charge in [0.2, 0.25) is 0 Å². The van der Waals surface area contributed by atoms with Gasteiger partial charge in [-0.15, -0.1) is 11.6 Å². The minimum absolute atomic E-state index is 0.328. The van der Waals surface area contributed by atoms with Crippen LogP contribution < -0.4 is 0 Å². The Labute approximate surface area is 81.6 Å². The minimum Gasteiger partial charge on any atom is -0.480 e. The molecule has 0 aromatic heterocycles. The third kappa shape index (κ3) is 2.86. The Morgan fingerprint density at radius 3 is 2.92 bits per heavy atom. The Balaban J connectivity index is 2.54. The first-order valence-corrected chi connectivity index (χ1v) is 4.28. The maximum atomic E-state index is 10.2. The zero-order valence-corrected chi connectivity index (χ0v) is 7.99. The molecule has 0 aliphatic heterocycles. The van der Waals surface area contributed by atoms with Crippen molar-refractivity contribution in [2.75, 3.05) is 6.61 Å². The van der Waals surface area contributed by atoms with E-state index in [0.717, 1.165) is 0 Å². The van der Waals surface area contributed by atoms with Crippen LogP contribution in [0, 0.1) is 0 Å². The Morgan fingerprint density at radius 2 is 2.38 bits per heavy atom. The third-order valence-corrected chi connectivity index (χ3v) is 2.10. The smallest absolute Gasteiger partial charge is 0.329 e. The van der Waals surface area contributed by atoms with Gasteiger partial charge in [-0.3, -0.25) is 0 Å². The molecule has 0 amide bonds. The lowest BCUT2D eigenvalue weighted by Crippen LogP contribution is -2.35. The molecule has 3 nitrogen and oxygen atoms in total. The van der Waals surface area contributed by atoms with E-state index in [4.69, 9.17) is 21.4 Å². The van der Waals surface area contributed by atoms with Gasteiger partial charge in [-0.25, -0.2) is 4.79 Å². The van der Waals surface area contributed by atoms with Gasteiger partial charge < -0.3 is 9.84 Å². The highest BCUT2D eigenvalue weighted by molar-refractivity contribution is 6.25. The van der Waals surface area contributed by atoms with Crippen LogP contribution in [0.5, 0.6) is 0 Å². The highest BCUT2D eigenvalue weighted by Gasteiger charge is 2.30. The molecule has 0 saturated carbocycles. The van der Waals surface area contributed by atoms with Crippen molar-refractivity contribution in [3.05, 3.63) is 24.3 Å². The van der Waals surface area contributed by atoms with Crippen LogP contribution in [-0.4, -0.2) is 28.7 Å². The van der Waals surface area contributed by atoms with Crippen molar-refractivity contribution in [3.8, 4) is 0 Å². The number of halogens is 1. The maximum Gasteiger partial charge on any atom is 0.329 e. The molecule has 4 heteroatoms. The first-order chi connectivity index (χ1) is 6.02. The molecule has 1 N–H and O–H groups in total. The molecule has 0 radical (unpaired) electrons. The van der Waals surface area contributed by atoms with Gasteiger partial charge in [-0.1, -0.05) is 24.3 Å². The average Bonchev–Trinajstić information content (AvgIpc) is 2.01. The molecule has 0 saturated heterocycles. The van der Waals surface area contributed by atoms with Crippen LogP contribution in [-0.2, 0) is 9.53 Å². The lowest BCUT2D eigenvalue weighted by atomic mass is 9.99. The quantitative estimate of drug-likeness (QED) is 0.707. The zero-order chi connectivity index (χ0) is 9.90. The number of carbonyl (C=O) groups is 1. The van der Waals surface area contributed by atoms with Crippen LogP contribution in [0.15, 0.2) is 24.3 Å². The fourth-order valence-corrected chi connectivity index (χ4v) is 1.28. The predicted molar refractivity (Wildman–Crippen MR) is 49.9 cm³/mol. The number of carboxylic acid groups (broad SMARTS) is 1. The first-order valence-electron chi connectivity index (χ1n) is 3.91. The summed E-state index contributed by atoms with van der Waals surface area (Å²) in [5, 5.41) is 8.40. The number of aliphatic carboxylic acids is 1. The molecule has 13 heavy (non-hydrogen) atoms. The summed E-state index contributed by atoms with van der Waals surface area (Å²) in [5.41, 5.74) is 0. The monoisotopic (exact) mass is 202 g/mol. The average molecular weight is 203 g/mol. The predicted octanol–water partition coefficient (Wildman–Crippen LogP) is 1.58. The summed E-state index contributed by atoms with van der Waals surface area (Å²) in [7, 11) is 0.